The van der Waals surface area contributed by atoms with E-state index >= 15 is 0 Å². The maximum atomic E-state index is 11.7. The van der Waals surface area contributed by atoms with E-state index in [2.05, 4.69) is 35.5 Å². The summed E-state index contributed by atoms with van der Waals surface area (Å²) in [6, 6.07) is 11.6. The molecule has 5 nitrogen and oxygen atoms in total. The minimum Gasteiger partial charge on any atom is -0.492 e. The van der Waals surface area contributed by atoms with Crippen molar-refractivity contribution in [1.29, 1.82) is 0 Å². The Morgan fingerprint density at radius 3 is 2.70 bits per heavy atom. The number of pyridine rings is 1. The molecular formula is C18H23N3O2. The number of aromatic nitrogens is 1. The van der Waals surface area contributed by atoms with E-state index in [-0.39, 0.29) is 6.03 Å². The van der Waals surface area contributed by atoms with Gasteiger partial charge in [-0.1, -0.05) is 26.0 Å². The summed E-state index contributed by atoms with van der Waals surface area (Å²) >= 11 is 0. The third-order valence-electron chi connectivity index (χ3n) is 3.38. The Morgan fingerprint density at radius 1 is 1.17 bits per heavy atom. The van der Waals surface area contributed by atoms with Gasteiger partial charge in [-0.15, -0.1) is 0 Å². The highest BCUT2D eigenvalue weighted by Gasteiger charge is 2.02. The minimum absolute atomic E-state index is 0.207. The monoisotopic (exact) mass is 313 g/mol. The van der Waals surface area contributed by atoms with E-state index in [1.54, 1.807) is 12.4 Å². The number of nitrogens with one attached hydrogen (secondary N) is 2. The molecular weight excluding hydrogens is 290 g/mol. The molecule has 0 radical (unpaired) electrons. The predicted octanol–water partition coefficient (Wildman–Crippen LogP) is 3.08. The fourth-order valence-electron chi connectivity index (χ4n) is 2.04. The van der Waals surface area contributed by atoms with Crippen LogP contribution in [-0.2, 0) is 6.54 Å². The van der Waals surface area contributed by atoms with Crippen molar-refractivity contribution in [3.8, 4) is 5.75 Å². The van der Waals surface area contributed by atoms with Crippen LogP contribution in [0.15, 0.2) is 48.8 Å². The fourth-order valence-corrected chi connectivity index (χ4v) is 2.04. The largest absolute Gasteiger partial charge is 0.492 e. The van der Waals surface area contributed by atoms with Gasteiger partial charge in [0.25, 0.3) is 0 Å². The summed E-state index contributed by atoms with van der Waals surface area (Å²) in [5, 5.41) is 5.56. The molecule has 1 aromatic carbocycles. The van der Waals surface area contributed by atoms with Crippen LogP contribution in [0.25, 0.3) is 0 Å². The molecule has 2 N–H and O–H groups in total. The van der Waals surface area contributed by atoms with Crippen molar-refractivity contribution in [3.63, 3.8) is 0 Å². The third kappa shape index (κ3) is 5.98. The van der Waals surface area contributed by atoms with Crippen LogP contribution in [0.2, 0.25) is 0 Å². The summed E-state index contributed by atoms with van der Waals surface area (Å²) in [7, 11) is 0. The van der Waals surface area contributed by atoms with Crippen molar-refractivity contribution in [2.75, 3.05) is 13.2 Å². The van der Waals surface area contributed by atoms with Gasteiger partial charge in [0.05, 0.1) is 6.54 Å². The van der Waals surface area contributed by atoms with Crippen LogP contribution in [0, 0.1) is 0 Å². The standard InChI is InChI=1S/C18H23N3O2/c1-14(2)16-4-3-5-17(12-16)23-11-10-20-18(22)21-13-15-6-8-19-9-7-15/h3-9,12,14H,10-11,13H2,1-2H3,(H2,20,21,22). The topological polar surface area (TPSA) is 63.2 Å². The second-order valence-electron chi connectivity index (χ2n) is 5.54. The van der Waals surface area contributed by atoms with Gasteiger partial charge in [-0.2, -0.15) is 0 Å². The number of amides is 2. The Bertz CT molecular complexity index is 615. The molecule has 0 aliphatic heterocycles. The number of rotatable bonds is 7. The molecule has 0 saturated carbocycles. The van der Waals surface area contributed by atoms with Gasteiger partial charge < -0.3 is 15.4 Å². The van der Waals surface area contributed by atoms with Crippen molar-refractivity contribution >= 4 is 6.03 Å². The Labute approximate surface area is 137 Å². The van der Waals surface area contributed by atoms with Crippen LogP contribution in [0.5, 0.6) is 5.75 Å². The van der Waals surface area contributed by atoms with Gasteiger partial charge in [0, 0.05) is 18.9 Å². The lowest BCUT2D eigenvalue weighted by atomic mass is 10.0. The molecule has 0 fully saturated rings. The molecule has 0 atom stereocenters. The first kappa shape index (κ1) is 16.8. The van der Waals surface area contributed by atoms with Crippen molar-refractivity contribution in [2.24, 2.45) is 0 Å². The lowest BCUT2D eigenvalue weighted by Crippen LogP contribution is -2.37. The van der Waals surface area contributed by atoms with Crippen LogP contribution in [0.3, 0.4) is 0 Å². The lowest BCUT2D eigenvalue weighted by Gasteiger charge is -2.11. The van der Waals surface area contributed by atoms with Crippen molar-refractivity contribution in [2.45, 2.75) is 26.3 Å². The first-order valence-corrected chi connectivity index (χ1v) is 7.78. The number of ether oxygens (including phenoxy) is 1. The summed E-state index contributed by atoms with van der Waals surface area (Å²) in [5.41, 5.74) is 2.25. The molecule has 2 amide bonds. The number of urea groups is 1. The minimum atomic E-state index is -0.207. The van der Waals surface area contributed by atoms with E-state index in [4.69, 9.17) is 4.74 Å². The zero-order valence-electron chi connectivity index (χ0n) is 13.6. The Kier molecular flexibility index (Phi) is 6.41. The second kappa shape index (κ2) is 8.78. The summed E-state index contributed by atoms with van der Waals surface area (Å²) in [5.74, 6) is 1.30. The van der Waals surface area contributed by atoms with Gasteiger partial charge in [-0.25, -0.2) is 4.79 Å². The van der Waals surface area contributed by atoms with Crippen LogP contribution in [0.1, 0.15) is 30.9 Å². The van der Waals surface area contributed by atoms with E-state index in [0.29, 0.717) is 25.6 Å². The van der Waals surface area contributed by atoms with Crippen molar-refractivity contribution < 1.29 is 9.53 Å². The van der Waals surface area contributed by atoms with Gasteiger partial charge >= 0.3 is 6.03 Å². The van der Waals surface area contributed by atoms with Gasteiger partial charge in [-0.3, -0.25) is 4.98 Å². The number of benzene rings is 1. The molecule has 5 heteroatoms. The van der Waals surface area contributed by atoms with Gasteiger partial charge in [0.2, 0.25) is 0 Å². The summed E-state index contributed by atoms with van der Waals surface area (Å²) in [4.78, 5) is 15.6. The normalized spacial score (nSPS) is 10.4. The summed E-state index contributed by atoms with van der Waals surface area (Å²) in [6.07, 6.45) is 3.40. The molecule has 0 saturated heterocycles. The van der Waals surface area contributed by atoms with Crippen LogP contribution in [-0.4, -0.2) is 24.2 Å². The number of nitrogens with zero attached hydrogens (tertiary/aromatic N) is 1. The molecule has 0 aliphatic carbocycles. The Hall–Kier alpha value is -2.56. The maximum Gasteiger partial charge on any atom is 0.315 e. The zero-order chi connectivity index (χ0) is 16.5. The summed E-state index contributed by atoms with van der Waals surface area (Å²) < 4.78 is 5.66. The molecule has 122 valence electrons. The maximum absolute atomic E-state index is 11.7. The average molecular weight is 313 g/mol. The Balaban J connectivity index is 1.65. The average Bonchev–Trinajstić information content (AvgIpc) is 2.58. The highest BCUT2D eigenvalue weighted by atomic mass is 16.5. The van der Waals surface area contributed by atoms with Crippen LogP contribution < -0.4 is 15.4 Å². The zero-order valence-corrected chi connectivity index (χ0v) is 13.6. The highest BCUT2D eigenvalue weighted by Crippen LogP contribution is 2.19. The van der Waals surface area contributed by atoms with Gasteiger partial charge in [-0.05, 0) is 41.3 Å². The van der Waals surface area contributed by atoms with Gasteiger partial charge in [0.1, 0.15) is 12.4 Å². The van der Waals surface area contributed by atoms with E-state index in [1.165, 1.54) is 5.56 Å². The van der Waals surface area contributed by atoms with Crippen LogP contribution >= 0.6 is 0 Å². The fraction of sp³-hybridized carbons (Fsp3) is 0.333. The van der Waals surface area contributed by atoms with Crippen molar-refractivity contribution in [3.05, 3.63) is 59.9 Å². The smallest absolute Gasteiger partial charge is 0.315 e. The predicted molar refractivity (Wildman–Crippen MR) is 90.5 cm³/mol. The third-order valence-corrected chi connectivity index (χ3v) is 3.38. The molecule has 0 spiro atoms. The highest BCUT2D eigenvalue weighted by molar-refractivity contribution is 5.73. The van der Waals surface area contributed by atoms with E-state index in [0.717, 1.165) is 11.3 Å². The molecule has 0 bridgehead atoms. The van der Waals surface area contributed by atoms with E-state index in [9.17, 15) is 4.79 Å². The first-order chi connectivity index (χ1) is 11.1. The quantitative estimate of drug-likeness (QED) is 0.772. The molecule has 23 heavy (non-hydrogen) atoms. The van der Waals surface area contributed by atoms with Crippen LogP contribution in [0.4, 0.5) is 4.79 Å². The van der Waals surface area contributed by atoms with E-state index in [1.807, 2.05) is 30.3 Å². The molecule has 1 heterocycles. The number of hydrogen-bond donors (Lipinski definition) is 2. The SMILES string of the molecule is CC(C)c1cccc(OCCNC(=O)NCc2ccncc2)c1. The summed E-state index contributed by atoms with van der Waals surface area (Å²) in [6.45, 7) is 5.66. The molecule has 0 aliphatic rings. The Morgan fingerprint density at radius 2 is 1.96 bits per heavy atom. The van der Waals surface area contributed by atoms with Crippen molar-refractivity contribution in [1.82, 2.24) is 15.6 Å². The number of carbonyl (C=O) groups is 1. The first-order valence-electron chi connectivity index (χ1n) is 7.78. The molecule has 2 aromatic rings. The molecule has 0 unspecified atom stereocenters. The number of carbonyl (C=O) groups excluding carboxylic acids is 1. The second-order valence-corrected chi connectivity index (χ2v) is 5.54. The lowest BCUT2D eigenvalue weighted by molar-refractivity contribution is 0.236. The number of hydrogen-bond acceptors (Lipinski definition) is 3. The van der Waals surface area contributed by atoms with Gasteiger partial charge in [0.15, 0.2) is 0 Å². The molecule has 2 rings (SSSR count). The molecule has 1 aromatic heterocycles. The van der Waals surface area contributed by atoms with E-state index < -0.39 is 0 Å².